The molecular weight excluding hydrogens is 512 g/mol. The van der Waals surface area contributed by atoms with E-state index < -0.39 is 9.84 Å². The van der Waals surface area contributed by atoms with Gasteiger partial charge in [-0.3, -0.25) is 5.10 Å². The Bertz CT molecular complexity index is 1420. The minimum Gasteiger partial charge on any atom is -0.336 e. The fourth-order valence-electron chi connectivity index (χ4n) is 5.07. The number of hydrogen-bond donors (Lipinski definition) is 1. The summed E-state index contributed by atoms with van der Waals surface area (Å²) in [5.74, 6) is 2.54. The highest BCUT2D eigenvalue weighted by Gasteiger charge is 2.36. The molecular formula is C26H29ClN6O3S. The van der Waals surface area contributed by atoms with Gasteiger partial charge in [-0.05, 0) is 36.1 Å². The van der Waals surface area contributed by atoms with Gasteiger partial charge in [0, 0.05) is 67.9 Å². The lowest BCUT2D eigenvalue weighted by Crippen LogP contribution is -2.58. The third kappa shape index (κ3) is 4.92. The van der Waals surface area contributed by atoms with Gasteiger partial charge >= 0.3 is 6.03 Å². The highest BCUT2D eigenvalue weighted by Crippen LogP contribution is 2.38. The lowest BCUT2D eigenvalue weighted by atomic mass is 9.90. The highest BCUT2D eigenvalue weighted by atomic mass is 35.5. The van der Waals surface area contributed by atoms with E-state index in [-0.39, 0.29) is 16.8 Å². The fourth-order valence-corrected chi connectivity index (χ4v) is 6.23. The zero-order valence-corrected chi connectivity index (χ0v) is 22.2. The predicted molar refractivity (Wildman–Crippen MR) is 142 cm³/mol. The zero-order chi connectivity index (χ0) is 25.7. The Morgan fingerprint density at radius 2 is 1.68 bits per heavy atom. The number of urea groups is 1. The Labute approximate surface area is 221 Å². The molecule has 2 amide bonds. The first-order chi connectivity index (χ1) is 17.8. The fraction of sp³-hybridized carbons (Fsp3) is 0.423. The molecule has 0 bridgehead atoms. The van der Waals surface area contributed by atoms with Crippen molar-refractivity contribution < 1.29 is 13.2 Å². The molecule has 2 aromatic carbocycles. The molecule has 3 fully saturated rings. The standard InChI is InChI=1S/C26H29ClN6O3S/c1-37(35,36)23-14-21(27)8-9-22(23)18-4-2-17(3-5-18)20-15-33(16-20)26(34)32-12-10-31(11-13-32)25-28-24(29-30-25)19-6-7-19/h2-5,8-9,14,19-20H,6-7,10-13,15-16H2,1H3,(H,28,29,30). The summed E-state index contributed by atoms with van der Waals surface area (Å²) in [5, 5.41) is 7.81. The first-order valence-electron chi connectivity index (χ1n) is 12.6. The number of hydrogen-bond acceptors (Lipinski definition) is 6. The van der Waals surface area contributed by atoms with Crippen LogP contribution in [0.4, 0.5) is 10.7 Å². The number of sulfone groups is 1. The second-order valence-electron chi connectivity index (χ2n) is 10.2. The molecule has 0 atom stereocenters. The van der Waals surface area contributed by atoms with Crippen molar-refractivity contribution in [3.05, 3.63) is 58.9 Å². The second-order valence-corrected chi connectivity index (χ2v) is 12.6. The van der Waals surface area contributed by atoms with Gasteiger partial charge < -0.3 is 14.7 Å². The van der Waals surface area contributed by atoms with E-state index in [1.807, 2.05) is 34.1 Å². The van der Waals surface area contributed by atoms with E-state index in [0.29, 0.717) is 42.7 Å². The van der Waals surface area contributed by atoms with Crippen molar-refractivity contribution in [3.8, 4) is 11.1 Å². The number of piperazine rings is 1. The summed E-state index contributed by atoms with van der Waals surface area (Å²) in [7, 11) is -3.42. The Morgan fingerprint density at radius 1 is 0.973 bits per heavy atom. The van der Waals surface area contributed by atoms with Gasteiger partial charge in [0.2, 0.25) is 5.95 Å². The Hall–Kier alpha value is -3.11. The molecule has 2 saturated heterocycles. The highest BCUT2D eigenvalue weighted by molar-refractivity contribution is 7.90. The second kappa shape index (κ2) is 9.33. The summed E-state index contributed by atoms with van der Waals surface area (Å²) in [6.45, 7) is 4.13. The Balaban J connectivity index is 1.04. The van der Waals surface area contributed by atoms with Crippen molar-refractivity contribution in [2.45, 2.75) is 29.6 Å². The van der Waals surface area contributed by atoms with Crippen LogP contribution in [0.1, 0.15) is 36.1 Å². The van der Waals surface area contributed by atoms with Crippen molar-refractivity contribution in [3.63, 3.8) is 0 Å². The van der Waals surface area contributed by atoms with Gasteiger partial charge in [-0.25, -0.2) is 13.2 Å². The van der Waals surface area contributed by atoms with Crippen molar-refractivity contribution in [1.82, 2.24) is 25.0 Å². The normalized spacial score (nSPS) is 18.7. The van der Waals surface area contributed by atoms with Crippen LogP contribution in [0.2, 0.25) is 5.02 Å². The van der Waals surface area contributed by atoms with Crippen LogP contribution in [-0.4, -0.2) is 85.0 Å². The minimum atomic E-state index is -3.42. The van der Waals surface area contributed by atoms with Crippen molar-refractivity contribution in [2.24, 2.45) is 0 Å². The molecule has 194 valence electrons. The molecule has 1 aromatic heterocycles. The van der Waals surface area contributed by atoms with Crippen molar-refractivity contribution in [1.29, 1.82) is 0 Å². The van der Waals surface area contributed by atoms with Crippen LogP contribution in [0, 0.1) is 0 Å². The Morgan fingerprint density at radius 3 is 2.32 bits per heavy atom. The first kappa shape index (κ1) is 24.2. The summed E-state index contributed by atoms with van der Waals surface area (Å²) in [4.78, 5) is 23.8. The number of H-pyrrole nitrogens is 1. The minimum absolute atomic E-state index is 0.0835. The summed E-state index contributed by atoms with van der Waals surface area (Å²) < 4.78 is 24.5. The number of anilines is 1. The van der Waals surface area contributed by atoms with Crippen molar-refractivity contribution in [2.75, 3.05) is 50.4 Å². The van der Waals surface area contributed by atoms with Crippen LogP contribution in [-0.2, 0) is 9.84 Å². The maximum absolute atomic E-state index is 13.0. The summed E-state index contributed by atoms with van der Waals surface area (Å²) in [6.07, 6.45) is 3.56. The number of likely N-dealkylation sites (tertiary alicyclic amines) is 1. The van der Waals surface area contributed by atoms with Crippen LogP contribution >= 0.6 is 11.6 Å². The van der Waals surface area contributed by atoms with Gasteiger partial charge in [0.15, 0.2) is 9.84 Å². The van der Waals surface area contributed by atoms with E-state index in [1.165, 1.54) is 25.2 Å². The maximum atomic E-state index is 13.0. The number of aromatic nitrogens is 3. The molecule has 0 spiro atoms. The van der Waals surface area contributed by atoms with Crippen LogP contribution in [0.25, 0.3) is 11.1 Å². The van der Waals surface area contributed by atoms with E-state index in [0.717, 1.165) is 36.0 Å². The lowest BCUT2D eigenvalue weighted by molar-refractivity contribution is 0.112. The largest absolute Gasteiger partial charge is 0.336 e. The van der Waals surface area contributed by atoms with Gasteiger partial charge in [0.25, 0.3) is 0 Å². The monoisotopic (exact) mass is 540 g/mol. The van der Waals surface area contributed by atoms with E-state index in [4.69, 9.17) is 11.6 Å². The number of nitrogens with zero attached hydrogens (tertiary/aromatic N) is 5. The number of benzene rings is 2. The van der Waals surface area contributed by atoms with Gasteiger partial charge in [-0.2, -0.15) is 4.98 Å². The van der Waals surface area contributed by atoms with E-state index in [2.05, 4.69) is 20.1 Å². The SMILES string of the molecule is CS(=O)(=O)c1cc(Cl)ccc1-c1ccc(C2CN(C(=O)N3CCN(c4n[nH]c(C5CC5)n4)CC3)C2)cc1. The number of aromatic amines is 1. The average Bonchev–Trinajstić information content (AvgIpc) is 3.59. The third-order valence-corrected chi connectivity index (χ3v) is 8.85. The van der Waals surface area contributed by atoms with Crippen LogP contribution in [0.15, 0.2) is 47.4 Å². The van der Waals surface area contributed by atoms with E-state index in [9.17, 15) is 13.2 Å². The molecule has 0 unspecified atom stereocenters. The average molecular weight is 541 g/mol. The van der Waals surface area contributed by atoms with Crippen LogP contribution < -0.4 is 4.90 Å². The number of rotatable bonds is 5. The van der Waals surface area contributed by atoms with E-state index in [1.54, 1.807) is 12.1 Å². The van der Waals surface area contributed by atoms with Gasteiger partial charge in [-0.15, -0.1) is 5.10 Å². The lowest BCUT2D eigenvalue weighted by Gasteiger charge is -2.44. The number of carbonyl (C=O) groups is 1. The topological polar surface area (TPSA) is 103 Å². The number of halogens is 1. The quantitative estimate of drug-likeness (QED) is 0.529. The molecule has 9 nitrogen and oxygen atoms in total. The van der Waals surface area contributed by atoms with Crippen molar-refractivity contribution >= 4 is 33.4 Å². The molecule has 2 aliphatic heterocycles. The maximum Gasteiger partial charge on any atom is 0.320 e. The molecule has 3 aliphatic rings. The molecule has 11 heteroatoms. The number of amides is 2. The number of carbonyl (C=O) groups excluding carboxylic acids is 1. The summed E-state index contributed by atoms with van der Waals surface area (Å²) in [5.41, 5.74) is 2.60. The summed E-state index contributed by atoms with van der Waals surface area (Å²) >= 11 is 6.04. The summed E-state index contributed by atoms with van der Waals surface area (Å²) in [6, 6.07) is 12.9. The number of nitrogens with one attached hydrogen (secondary N) is 1. The third-order valence-electron chi connectivity index (χ3n) is 7.48. The van der Waals surface area contributed by atoms with Gasteiger partial charge in [0.1, 0.15) is 5.82 Å². The zero-order valence-electron chi connectivity index (χ0n) is 20.6. The smallest absolute Gasteiger partial charge is 0.320 e. The molecule has 0 radical (unpaired) electrons. The predicted octanol–water partition coefficient (Wildman–Crippen LogP) is 3.75. The molecule has 1 saturated carbocycles. The molecule has 37 heavy (non-hydrogen) atoms. The van der Waals surface area contributed by atoms with Crippen LogP contribution in [0.5, 0.6) is 0 Å². The van der Waals surface area contributed by atoms with Gasteiger partial charge in [0.05, 0.1) is 4.90 Å². The molecule has 6 rings (SSSR count). The molecule has 1 aliphatic carbocycles. The van der Waals surface area contributed by atoms with E-state index >= 15 is 0 Å². The van der Waals surface area contributed by atoms with Crippen LogP contribution in [0.3, 0.4) is 0 Å². The molecule has 3 aromatic rings. The first-order valence-corrected chi connectivity index (χ1v) is 14.8. The Kier molecular flexibility index (Phi) is 6.11. The van der Waals surface area contributed by atoms with Gasteiger partial charge in [-0.1, -0.05) is 41.9 Å². The molecule has 3 heterocycles. The molecule has 1 N–H and O–H groups in total.